The summed E-state index contributed by atoms with van der Waals surface area (Å²) in [6.45, 7) is 0. The van der Waals surface area contributed by atoms with E-state index in [2.05, 4.69) is 0 Å². The van der Waals surface area contributed by atoms with Crippen molar-refractivity contribution in [2.45, 2.75) is 12.4 Å². The summed E-state index contributed by atoms with van der Waals surface area (Å²) in [4.78, 5) is 46.9. The second kappa shape index (κ2) is 10.5. The second-order valence-electron chi connectivity index (χ2n) is 6.37. The Labute approximate surface area is 186 Å². The van der Waals surface area contributed by atoms with Gasteiger partial charge in [-0.3, -0.25) is 40.9 Å². The van der Waals surface area contributed by atoms with Crippen molar-refractivity contribution in [2.24, 2.45) is 0 Å². The van der Waals surface area contributed by atoms with Crippen molar-refractivity contribution in [2.75, 3.05) is 0 Å². The molecule has 0 heterocycles. The quantitative estimate of drug-likeness (QED) is 0.301. The molecule has 0 aliphatic carbocycles. The number of hydrogen-bond donors (Lipinski definition) is 4. The van der Waals surface area contributed by atoms with E-state index in [9.17, 15) is 45.5 Å². The Morgan fingerprint density at radius 2 is 0.824 bits per heavy atom. The molecular formula is C20H14F6N4O4. The van der Waals surface area contributed by atoms with Gasteiger partial charge in [-0.2, -0.15) is 26.3 Å². The van der Waals surface area contributed by atoms with Crippen molar-refractivity contribution in [3.63, 3.8) is 0 Å². The van der Waals surface area contributed by atoms with Crippen LogP contribution in [0.2, 0.25) is 0 Å². The first-order chi connectivity index (χ1) is 15.8. The van der Waals surface area contributed by atoms with Gasteiger partial charge < -0.3 is 0 Å². The standard InChI is InChI=1S/C20H14F6N4O4/c21-19(22,23)13-5-1-11(2-6-13)17(33)29-27-15(31)9-10-16(32)28-30-18(34)12-3-7-14(8-4-12)20(24,25)26/h1-10H,(H,27,31)(H,28,32)(H,29,33)(H,30,34)/b10-9-. The van der Waals surface area contributed by atoms with Gasteiger partial charge in [-0.05, 0) is 48.5 Å². The number of halogens is 6. The molecule has 0 aliphatic heterocycles. The monoisotopic (exact) mass is 488 g/mol. The van der Waals surface area contributed by atoms with E-state index in [1.165, 1.54) is 0 Å². The molecule has 0 aliphatic rings. The van der Waals surface area contributed by atoms with Crippen molar-refractivity contribution in [1.29, 1.82) is 0 Å². The van der Waals surface area contributed by atoms with Crippen LogP contribution >= 0.6 is 0 Å². The van der Waals surface area contributed by atoms with Gasteiger partial charge in [-0.1, -0.05) is 0 Å². The van der Waals surface area contributed by atoms with Crippen LogP contribution < -0.4 is 21.7 Å². The third kappa shape index (κ3) is 7.65. The van der Waals surface area contributed by atoms with E-state index in [0.717, 1.165) is 24.3 Å². The third-order valence-electron chi connectivity index (χ3n) is 3.93. The number of hydrazine groups is 2. The molecule has 2 aromatic carbocycles. The number of carbonyl (C=O) groups is 4. The van der Waals surface area contributed by atoms with Crippen LogP contribution in [0.3, 0.4) is 0 Å². The highest BCUT2D eigenvalue weighted by Crippen LogP contribution is 2.29. The van der Waals surface area contributed by atoms with E-state index in [1.807, 2.05) is 21.7 Å². The highest BCUT2D eigenvalue weighted by Gasteiger charge is 2.31. The summed E-state index contributed by atoms with van der Waals surface area (Å²) in [5.41, 5.74) is 5.31. The Hall–Kier alpha value is -4.36. The van der Waals surface area contributed by atoms with Crippen molar-refractivity contribution in [3.05, 3.63) is 82.9 Å². The Morgan fingerprint density at radius 3 is 1.09 bits per heavy atom. The normalized spacial score (nSPS) is 11.6. The molecule has 0 unspecified atom stereocenters. The zero-order chi connectivity index (χ0) is 25.5. The van der Waals surface area contributed by atoms with Crippen LogP contribution in [0.1, 0.15) is 31.8 Å². The minimum Gasteiger partial charge on any atom is -0.268 e. The first kappa shape index (κ1) is 25.9. The lowest BCUT2D eigenvalue weighted by atomic mass is 10.1. The second-order valence-corrected chi connectivity index (χ2v) is 6.37. The average Bonchev–Trinajstić information content (AvgIpc) is 2.78. The lowest BCUT2D eigenvalue weighted by molar-refractivity contribution is -0.138. The van der Waals surface area contributed by atoms with E-state index in [0.29, 0.717) is 36.4 Å². The number of carbonyl (C=O) groups excluding carboxylic acids is 4. The van der Waals surface area contributed by atoms with Crippen molar-refractivity contribution in [1.82, 2.24) is 21.7 Å². The van der Waals surface area contributed by atoms with Gasteiger partial charge in [0.05, 0.1) is 11.1 Å². The summed E-state index contributed by atoms with van der Waals surface area (Å²) in [6, 6.07) is 6.31. The summed E-state index contributed by atoms with van der Waals surface area (Å²) < 4.78 is 75.0. The van der Waals surface area contributed by atoms with Crippen LogP contribution in [0.5, 0.6) is 0 Å². The maximum atomic E-state index is 12.5. The molecule has 14 heteroatoms. The molecule has 8 nitrogen and oxygen atoms in total. The summed E-state index contributed by atoms with van der Waals surface area (Å²) >= 11 is 0. The molecule has 0 atom stereocenters. The van der Waals surface area contributed by atoms with Crippen LogP contribution in [-0.4, -0.2) is 23.6 Å². The van der Waals surface area contributed by atoms with Gasteiger partial charge in [0.15, 0.2) is 0 Å². The molecule has 34 heavy (non-hydrogen) atoms. The van der Waals surface area contributed by atoms with Crippen LogP contribution in [0.15, 0.2) is 60.7 Å². The van der Waals surface area contributed by atoms with Crippen LogP contribution in [-0.2, 0) is 21.9 Å². The number of alkyl halides is 6. The molecule has 0 aromatic heterocycles. The zero-order valence-corrected chi connectivity index (χ0v) is 16.7. The molecule has 2 rings (SSSR count). The summed E-state index contributed by atoms with van der Waals surface area (Å²) in [7, 11) is 0. The van der Waals surface area contributed by atoms with E-state index < -0.39 is 47.1 Å². The van der Waals surface area contributed by atoms with Gasteiger partial charge >= 0.3 is 12.4 Å². The Kier molecular flexibility index (Phi) is 8.00. The smallest absolute Gasteiger partial charge is 0.268 e. The summed E-state index contributed by atoms with van der Waals surface area (Å²) in [6.07, 6.45) is -7.84. The molecule has 0 bridgehead atoms. The zero-order valence-electron chi connectivity index (χ0n) is 16.7. The van der Waals surface area contributed by atoms with Crippen LogP contribution in [0.4, 0.5) is 26.3 Å². The first-order valence-corrected chi connectivity index (χ1v) is 9.00. The summed E-state index contributed by atoms with van der Waals surface area (Å²) in [5.74, 6) is -3.85. The van der Waals surface area contributed by atoms with Crippen molar-refractivity contribution >= 4 is 23.6 Å². The molecule has 4 N–H and O–H groups in total. The molecule has 0 spiro atoms. The predicted molar refractivity (Wildman–Crippen MR) is 103 cm³/mol. The minimum atomic E-state index is -4.58. The van der Waals surface area contributed by atoms with Gasteiger partial charge in [0.2, 0.25) is 0 Å². The van der Waals surface area contributed by atoms with Crippen molar-refractivity contribution < 1.29 is 45.5 Å². The summed E-state index contributed by atoms with van der Waals surface area (Å²) in [5, 5.41) is 0. The largest absolute Gasteiger partial charge is 0.416 e. The first-order valence-electron chi connectivity index (χ1n) is 9.00. The van der Waals surface area contributed by atoms with E-state index >= 15 is 0 Å². The molecule has 4 amide bonds. The molecule has 0 saturated heterocycles. The number of amides is 4. The van der Waals surface area contributed by atoms with Gasteiger partial charge in [-0.15, -0.1) is 0 Å². The fraction of sp³-hybridized carbons (Fsp3) is 0.100. The Bertz CT molecular complexity index is 1010. The van der Waals surface area contributed by atoms with Gasteiger partial charge in [-0.25, -0.2) is 0 Å². The molecule has 0 fully saturated rings. The fourth-order valence-corrected chi connectivity index (χ4v) is 2.24. The van der Waals surface area contributed by atoms with E-state index in [1.54, 1.807) is 0 Å². The fourth-order valence-electron chi connectivity index (χ4n) is 2.24. The average molecular weight is 488 g/mol. The number of rotatable bonds is 4. The number of nitrogens with one attached hydrogen (secondary N) is 4. The lowest BCUT2D eigenvalue weighted by Gasteiger charge is -2.09. The van der Waals surface area contributed by atoms with Gasteiger partial charge in [0.1, 0.15) is 0 Å². The number of benzene rings is 2. The lowest BCUT2D eigenvalue weighted by Crippen LogP contribution is -2.42. The molecular weight excluding hydrogens is 474 g/mol. The number of hydrogen-bond acceptors (Lipinski definition) is 4. The maximum Gasteiger partial charge on any atom is 0.416 e. The molecule has 180 valence electrons. The van der Waals surface area contributed by atoms with Gasteiger partial charge in [0.25, 0.3) is 23.6 Å². The van der Waals surface area contributed by atoms with Gasteiger partial charge in [0, 0.05) is 23.3 Å². The Morgan fingerprint density at radius 1 is 0.529 bits per heavy atom. The topological polar surface area (TPSA) is 116 Å². The van der Waals surface area contributed by atoms with E-state index in [4.69, 9.17) is 0 Å². The predicted octanol–water partition coefficient (Wildman–Crippen LogP) is 2.50. The molecule has 0 radical (unpaired) electrons. The Balaban J connectivity index is 1.78. The SMILES string of the molecule is O=C(/C=C\C(=O)NNC(=O)c1ccc(C(F)(F)F)cc1)NNC(=O)c1ccc(C(F)(F)F)cc1. The molecule has 2 aromatic rings. The maximum absolute atomic E-state index is 12.5. The third-order valence-corrected chi connectivity index (χ3v) is 3.93. The van der Waals surface area contributed by atoms with Crippen LogP contribution in [0, 0.1) is 0 Å². The highest BCUT2D eigenvalue weighted by atomic mass is 19.4. The van der Waals surface area contributed by atoms with Crippen LogP contribution in [0.25, 0.3) is 0 Å². The minimum absolute atomic E-state index is 0.180. The van der Waals surface area contributed by atoms with Crippen molar-refractivity contribution in [3.8, 4) is 0 Å². The highest BCUT2D eigenvalue weighted by molar-refractivity contribution is 6.00. The van der Waals surface area contributed by atoms with E-state index in [-0.39, 0.29) is 11.1 Å². The molecule has 0 saturated carbocycles.